The van der Waals surface area contributed by atoms with E-state index >= 15 is 0 Å². The molecule has 0 radical (unpaired) electrons. The van der Waals surface area contributed by atoms with E-state index in [-0.39, 0.29) is 23.2 Å². The van der Waals surface area contributed by atoms with E-state index in [0.717, 1.165) is 4.57 Å². The third-order valence-electron chi connectivity index (χ3n) is 3.22. The predicted octanol–water partition coefficient (Wildman–Crippen LogP) is 0.117. The molecule has 0 spiro atoms. The molecule has 0 aliphatic heterocycles. The van der Waals surface area contributed by atoms with Gasteiger partial charge in [-0.15, -0.1) is 0 Å². The van der Waals surface area contributed by atoms with Crippen LogP contribution in [0.3, 0.4) is 0 Å². The van der Waals surface area contributed by atoms with Crippen LogP contribution < -0.4 is 11.2 Å². The topological polar surface area (TPSA) is 83.2 Å². The van der Waals surface area contributed by atoms with Crippen LogP contribution in [0.1, 0.15) is 22.8 Å². The van der Waals surface area contributed by atoms with Crippen LogP contribution in [0.25, 0.3) is 11.0 Å². The van der Waals surface area contributed by atoms with Crippen LogP contribution in [0.15, 0.2) is 15.8 Å². The van der Waals surface area contributed by atoms with Gasteiger partial charge in [0.1, 0.15) is 5.65 Å². The molecule has 0 saturated carbocycles. The van der Waals surface area contributed by atoms with E-state index < -0.39 is 17.2 Å². The van der Waals surface area contributed by atoms with Crippen molar-refractivity contribution in [3.63, 3.8) is 0 Å². The molecule has 0 amide bonds. The molecule has 7 heteroatoms. The molecule has 0 aliphatic carbocycles. The lowest BCUT2D eigenvalue weighted by atomic mass is 10.1. The van der Waals surface area contributed by atoms with E-state index in [4.69, 9.17) is 4.74 Å². The molecule has 0 unspecified atom stereocenters. The van der Waals surface area contributed by atoms with Crippen molar-refractivity contribution in [3.8, 4) is 0 Å². The van der Waals surface area contributed by atoms with Gasteiger partial charge in [0.05, 0.1) is 17.6 Å². The molecule has 0 aliphatic rings. The molecule has 2 heterocycles. The lowest BCUT2D eigenvalue weighted by molar-refractivity contribution is 0.0525. The second-order valence-corrected chi connectivity index (χ2v) is 4.42. The summed E-state index contributed by atoms with van der Waals surface area (Å²) < 4.78 is 7.19. The number of carbonyl (C=O) groups excluding carboxylic acids is 1. The zero-order valence-electron chi connectivity index (χ0n) is 11.8. The van der Waals surface area contributed by atoms with Gasteiger partial charge in [0, 0.05) is 20.3 Å². The van der Waals surface area contributed by atoms with Crippen LogP contribution in [0.4, 0.5) is 0 Å². The molecule has 0 saturated heterocycles. The summed E-state index contributed by atoms with van der Waals surface area (Å²) in [6, 6.07) is 0. The third kappa shape index (κ3) is 1.91. The van der Waals surface area contributed by atoms with E-state index in [1.54, 1.807) is 13.8 Å². The Kier molecular flexibility index (Phi) is 3.44. The minimum absolute atomic E-state index is 0.232. The maximum Gasteiger partial charge on any atom is 0.339 e. The highest BCUT2D eigenvalue weighted by Crippen LogP contribution is 2.16. The molecule has 2 rings (SSSR count). The Morgan fingerprint density at radius 3 is 2.55 bits per heavy atom. The van der Waals surface area contributed by atoms with Crippen molar-refractivity contribution in [2.24, 2.45) is 14.1 Å². The van der Waals surface area contributed by atoms with Crippen molar-refractivity contribution in [2.75, 3.05) is 6.61 Å². The van der Waals surface area contributed by atoms with Crippen LogP contribution >= 0.6 is 0 Å². The Balaban J connectivity index is 2.90. The second-order valence-electron chi connectivity index (χ2n) is 4.42. The van der Waals surface area contributed by atoms with Crippen molar-refractivity contribution in [1.29, 1.82) is 0 Å². The molecule has 2 aromatic rings. The molecule has 0 aromatic carbocycles. The molecular weight excluding hydrogens is 262 g/mol. The Morgan fingerprint density at radius 2 is 1.95 bits per heavy atom. The Hall–Kier alpha value is -2.44. The zero-order valence-corrected chi connectivity index (χ0v) is 11.8. The number of pyridine rings is 1. The monoisotopic (exact) mass is 277 g/mol. The molecule has 2 aromatic heterocycles. The number of rotatable bonds is 2. The molecule has 0 fully saturated rings. The normalized spacial score (nSPS) is 10.8. The predicted molar refractivity (Wildman–Crippen MR) is 72.9 cm³/mol. The Morgan fingerprint density at radius 1 is 1.30 bits per heavy atom. The third-order valence-corrected chi connectivity index (χ3v) is 3.22. The first-order valence-corrected chi connectivity index (χ1v) is 6.12. The fraction of sp³-hybridized carbons (Fsp3) is 0.385. The first kappa shape index (κ1) is 14.0. The average molecular weight is 277 g/mol. The van der Waals surface area contributed by atoms with Crippen LogP contribution in [0.5, 0.6) is 0 Å². The lowest BCUT2D eigenvalue weighted by Gasteiger charge is -2.11. The molecule has 0 atom stereocenters. The fourth-order valence-corrected chi connectivity index (χ4v) is 2.08. The smallest absolute Gasteiger partial charge is 0.339 e. The van der Waals surface area contributed by atoms with Crippen molar-refractivity contribution in [1.82, 2.24) is 14.1 Å². The molecule has 0 bridgehead atoms. The Bertz CT molecular complexity index is 817. The first-order chi connectivity index (χ1) is 9.40. The molecular formula is C13H15N3O4. The maximum absolute atomic E-state index is 12.2. The molecule has 20 heavy (non-hydrogen) atoms. The van der Waals surface area contributed by atoms with Gasteiger partial charge >= 0.3 is 11.7 Å². The second kappa shape index (κ2) is 4.92. The summed E-state index contributed by atoms with van der Waals surface area (Å²) in [6.45, 7) is 3.58. The lowest BCUT2D eigenvalue weighted by Crippen LogP contribution is -2.37. The summed E-state index contributed by atoms with van der Waals surface area (Å²) in [7, 11) is 2.92. The first-order valence-electron chi connectivity index (χ1n) is 6.12. The van der Waals surface area contributed by atoms with Gasteiger partial charge in [-0.25, -0.2) is 14.6 Å². The van der Waals surface area contributed by atoms with E-state index in [1.807, 2.05) is 0 Å². The van der Waals surface area contributed by atoms with Crippen molar-refractivity contribution in [3.05, 3.63) is 38.2 Å². The number of aromatic nitrogens is 3. The largest absolute Gasteiger partial charge is 0.462 e. The molecule has 106 valence electrons. The van der Waals surface area contributed by atoms with Gasteiger partial charge < -0.3 is 4.74 Å². The number of hydrogen-bond donors (Lipinski definition) is 0. The fourth-order valence-electron chi connectivity index (χ4n) is 2.08. The van der Waals surface area contributed by atoms with Gasteiger partial charge in [0.2, 0.25) is 0 Å². The number of fused-ring (bicyclic) bond motifs is 1. The highest BCUT2D eigenvalue weighted by Gasteiger charge is 2.18. The van der Waals surface area contributed by atoms with Crippen molar-refractivity contribution in [2.45, 2.75) is 13.8 Å². The maximum atomic E-state index is 12.2. The molecule has 0 N–H and O–H groups in total. The standard InChI is InChI=1S/C13H15N3O4/c1-5-20-12(18)8-6-14-10-9(7(8)2)11(17)16(4)13(19)15(10)3/h6H,5H2,1-4H3. The summed E-state index contributed by atoms with van der Waals surface area (Å²) in [5.74, 6) is -0.532. The average Bonchev–Trinajstić information content (AvgIpc) is 2.42. The SMILES string of the molecule is CCOC(=O)c1cnc2c(c1C)c(=O)n(C)c(=O)n2C. The van der Waals surface area contributed by atoms with Crippen molar-refractivity contribution >= 4 is 17.0 Å². The number of hydrogen-bond acceptors (Lipinski definition) is 5. The van der Waals surface area contributed by atoms with Gasteiger partial charge in [0.25, 0.3) is 5.56 Å². The summed E-state index contributed by atoms with van der Waals surface area (Å²) in [6.07, 6.45) is 1.33. The molecule has 7 nitrogen and oxygen atoms in total. The van der Waals surface area contributed by atoms with Gasteiger partial charge in [0.15, 0.2) is 0 Å². The summed E-state index contributed by atoms with van der Waals surface area (Å²) >= 11 is 0. The quantitative estimate of drug-likeness (QED) is 0.728. The minimum atomic E-state index is -0.532. The van der Waals surface area contributed by atoms with E-state index in [2.05, 4.69) is 4.98 Å². The van der Waals surface area contributed by atoms with Gasteiger partial charge in [-0.05, 0) is 19.4 Å². The number of aryl methyl sites for hydroxylation is 2. The van der Waals surface area contributed by atoms with Crippen LogP contribution in [-0.2, 0) is 18.8 Å². The highest BCUT2D eigenvalue weighted by molar-refractivity contribution is 5.95. The number of esters is 1. The summed E-state index contributed by atoms with van der Waals surface area (Å²) in [4.78, 5) is 39.9. The number of nitrogens with zero attached hydrogens (tertiary/aromatic N) is 3. The van der Waals surface area contributed by atoms with Gasteiger partial charge in [-0.2, -0.15) is 0 Å². The van der Waals surface area contributed by atoms with Gasteiger partial charge in [-0.3, -0.25) is 13.9 Å². The number of carbonyl (C=O) groups is 1. The van der Waals surface area contributed by atoms with Gasteiger partial charge in [-0.1, -0.05) is 0 Å². The minimum Gasteiger partial charge on any atom is -0.462 e. The van der Waals surface area contributed by atoms with E-state index in [1.165, 1.54) is 24.9 Å². The van der Waals surface area contributed by atoms with E-state index in [0.29, 0.717) is 5.56 Å². The van der Waals surface area contributed by atoms with E-state index in [9.17, 15) is 14.4 Å². The zero-order chi connectivity index (χ0) is 15.0. The van der Waals surface area contributed by atoms with Crippen LogP contribution in [0, 0.1) is 6.92 Å². The van der Waals surface area contributed by atoms with Crippen molar-refractivity contribution < 1.29 is 9.53 Å². The van der Waals surface area contributed by atoms with Crippen LogP contribution in [0.2, 0.25) is 0 Å². The Labute approximate surface area is 114 Å². The number of ether oxygens (including phenoxy) is 1. The highest BCUT2D eigenvalue weighted by atomic mass is 16.5. The summed E-state index contributed by atoms with van der Waals surface area (Å²) in [5.41, 5.74) is 0.0148. The van der Waals surface area contributed by atoms with Crippen LogP contribution in [-0.4, -0.2) is 26.7 Å². The summed E-state index contributed by atoms with van der Waals surface area (Å²) in [5, 5.41) is 0.250.